The molecule has 0 spiro atoms. The van der Waals surface area contributed by atoms with Gasteiger partial charge in [0.1, 0.15) is 6.61 Å². The van der Waals surface area contributed by atoms with Crippen LogP contribution in [0.25, 0.3) is 0 Å². The van der Waals surface area contributed by atoms with E-state index in [-0.39, 0.29) is 24.2 Å². The molecule has 232 valence electrons. The number of hydrogen-bond donors (Lipinski definition) is 4. The molecule has 0 aromatic carbocycles. The summed E-state index contributed by atoms with van der Waals surface area (Å²) in [7, 11) is 0. The van der Waals surface area contributed by atoms with Crippen LogP contribution in [-0.4, -0.2) is 55.0 Å². The highest BCUT2D eigenvalue weighted by Crippen LogP contribution is 2.36. The quantitative estimate of drug-likeness (QED) is 0.165. The lowest BCUT2D eigenvalue weighted by Gasteiger charge is -2.50. The van der Waals surface area contributed by atoms with E-state index in [0.717, 1.165) is 37.5 Å². The van der Waals surface area contributed by atoms with E-state index < -0.39 is 6.10 Å². The molecule has 0 aromatic rings. The van der Waals surface area contributed by atoms with Crippen molar-refractivity contribution in [2.24, 2.45) is 29.6 Å². The maximum atomic E-state index is 12.0. The Morgan fingerprint density at radius 2 is 1.30 bits per heavy atom. The molecule has 5 atom stereocenters. The molecule has 0 amide bonds. The molecule has 1 heterocycles. The minimum atomic E-state index is -0.397. The van der Waals surface area contributed by atoms with Crippen molar-refractivity contribution in [3.63, 3.8) is 0 Å². The van der Waals surface area contributed by atoms with Crippen LogP contribution in [0, 0.1) is 29.6 Å². The molecular formula is C33H61N3O4. The van der Waals surface area contributed by atoms with Gasteiger partial charge < -0.3 is 14.6 Å². The Morgan fingerprint density at radius 3 is 1.88 bits per heavy atom. The van der Waals surface area contributed by atoms with E-state index in [0.29, 0.717) is 50.2 Å². The van der Waals surface area contributed by atoms with Gasteiger partial charge in [-0.1, -0.05) is 72.1 Å². The number of carbonyl (C=O) groups excluding carboxylic acids is 1. The molecule has 0 aromatic heterocycles. The van der Waals surface area contributed by atoms with Crippen LogP contribution in [-0.2, 0) is 14.3 Å². The summed E-state index contributed by atoms with van der Waals surface area (Å²) in [5, 5.41) is 23.2. The number of aliphatic hydroxyl groups is 1. The third kappa shape index (κ3) is 9.93. The normalized spacial score (nSPS) is 39.1. The van der Waals surface area contributed by atoms with Crippen LogP contribution in [0.5, 0.6) is 0 Å². The fourth-order valence-corrected chi connectivity index (χ4v) is 7.74. The molecule has 40 heavy (non-hydrogen) atoms. The van der Waals surface area contributed by atoms with Crippen molar-refractivity contribution >= 4 is 5.97 Å². The van der Waals surface area contributed by atoms with E-state index in [1.807, 2.05) is 0 Å². The zero-order valence-corrected chi connectivity index (χ0v) is 25.9. The third-order valence-corrected chi connectivity index (χ3v) is 10.6. The molecular weight excluding hydrogens is 502 g/mol. The first kappa shape index (κ1) is 32.2. The Labute approximate surface area is 244 Å². The second kappa shape index (κ2) is 16.8. The zero-order chi connectivity index (χ0) is 28.3. The summed E-state index contributed by atoms with van der Waals surface area (Å²) in [6.07, 6.45) is 19.6. The van der Waals surface area contributed by atoms with Crippen LogP contribution in [0.2, 0.25) is 0 Å². The first-order chi connectivity index (χ1) is 19.4. The maximum Gasteiger partial charge on any atom is 0.305 e. The number of unbranched alkanes of at least 4 members (excludes halogenated alkanes) is 4. The van der Waals surface area contributed by atoms with Gasteiger partial charge in [0.05, 0.1) is 37.3 Å². The van der Waals surface area contributed by atoms with E-state index >= 15 is 0 Å². The zero-order valence-electron chi connectivity index (χ0n) is 25.9. The van der Waals surface area contributed by atoms with E-state index in [9.17, 15) is 9.90 Å². The lowest BCUT2D eigenvalue weighted by molar-refractivity contribution is -0.147. The molecule has 4 N–H and O–H groups in total. The van der Waals surface area contributed by atoms with Crippen LogP contribution in [0.1, 0.15) is 130 Å². The van der Waals surface area contributed by atoms with Crippen LogP contribution < -0.4 is 16.0 Å². The Balaban J connectivity index is 1.22. The van der Waals surface area contributed by atoms with Crippen LogP contribution in [0.3, 0.4) is 0 Å². The molecule has 3 saturated carbocycles. The van der Waals surface area contributed by atoms with Gasteiger partial charge in [-0.3, -0.25) is 20.7 Å². The molecule has 4 fully saturated rings. The second-order valence-electron chi connectivity index (χ2n) is 13.9. The van der Waals surface area contributed by atoms with E-state index in [2.05, 4.69) is 36.7 Å². The number of carbonyl (C=O) groups is 1. The van der Waals surface area contributed by atoms with Crippen molar-refractivity contribution in [3.05, 3.63) is 0 Å². The molecule has 3 aliphatic carbocycles. The lowest BCUT2D eigenvalue weighted by Crippen LogP contribution is -2.73. The topological polar surface area (TPSA) is 91.9 Å². The van der Waals surface area contributed by atoms with Gasteiger partial charge in [-0.15, -0.1) is 0 Å². The summed E-state index contributed by atoms with van der Waals surface area (Å²) in [5.41, 5.74) is 0. The van der Waals surface area contributed by atoms with Gasteiger partial charge >= 0.3 is 5.97 Å². The van der Waals surface area contributed by atoms with Crippen molar-refractivity contribution in [3.8, 4) is 0 Å². The Morgan fingerprint density at radius 1 is 0.725 bits per heavy atom. The lowest BCUT2D eigenvalue weighted by atomic mass is 9.77. The number of ether oxygens (including phenoxy) is 2. The monoisotopic (exact) mass is 563 g/mol. The highest BCUT2D eigenvalue weighted by Gasteiger charge is 2.43. The molecule has 1 aliphatic heterocycles. The number of rotatable bonds is 13. The van der Waals surface area contributed by atoms with Gasteiger partial charge in [0, 0.05) is 12.3 Å². The van der Waals surface area contributed by atoms with Crippen molar-refractivity contribution in [2.75, 3.05) is 13.2 Å². The van der Waals surface area contributed by atoms with Crippen molar-refractivity contribution in [2.45, 2.75) is 161 Å². The summed E-state index contributed by atoms with van der Waals surface area (Å²) in [6.45, 7) is 7.71. The number of aliphatic hydroxyl groups excluding tert-OH is 1. The third-order valence-electron chi connectivity index (χ3n) is 10.6. The predicted octanol–water partition coefficient (Wildman–Crippen LogP) is 5.85. The van der Waals surface area contributed by atoms with Gasteiger partial charge in [-0.25, -0.2) is 0 Å². The number of nitrogens with one attached hydrogen (secondary N) is 3. The van der Waals surface area contributed by atoms with Crippen LogP contribution in [0.15, 0.2) is 0 Å². The largest absolute Gasteiger partial charge is 0.463 e. The predicted molar refractivity (Wildman–Crippen MR) is 160 cm³/mol. The second-order valence-corrected chi connectivity index (χ2v) is 13.9. The van der Waals surface area contributed by atoms with Gasteiger partial charge in [0.2, 0.25) is 0 Å². The van der Waals surface area contributed by atoms with Crippen LogP contribution in [0.4, 0.5) is 0 Å². The van der Waals surface area contributed by atoms with Crippen molar-refractivity contribution < 1.29 is 19.4 Å². The molecule has 1 saturated heterocycles. The van der Waals surface area contributed by atoms with Crippen molar-refractivity contribution in [1.82, 2.24) is 16.0 Å². The number of hydrogen-bond acceptors (Lipinski definition) is 7. The fraction of sp³-hybridized carbons (Fsp3) is 0.970. The highest BCUT2D eigenvalue weighted by molar-refractivity contribution is 5.69. The summed E-state index contributed by atoms with van der Waals surface area (Å²) in [5.74, 6) is 3.10. The van der Waals surface area contributed by atoms with E-state index in [4.69, 9.17) is 9.47 Å². The van der Waals surface area contributed by atoms with Gasteiger partial charge in [-0.05, 0) is 75.0 Å². The Hall–Kier alpha value is -0.730. The van der Waals surface area contributed by atoms with Gasteiger partial charge in [-0.2, -0.15) is 0 Å². The average molecular weight is 564 g/mol. The van der Waals surface area contributed by atoms with E-state index in [1.54, 1.807) is 0 Å². The SMILES string of the molecule is CCCCCCCC(=O)OCCOC1CCC(C2NC(C3CCC(C)CC3)NC(C3CCC(C)CC3)N2)C(O)C1. The summed E-state index contributed by atoms with van der Waals surface area (Å²) in [6, 6.07) is 0. The molecule has 5 unspecified atom stereocenters. The molecule has 0 bridgehead atoms. The number of esters is 1. The molecule has 7 heteroatoms. The average Bonchev–Trinajstić information content (AvgIpc) is 2.96. The van der Waals surface area contributed by atoms with Crippen molar-refractivity contribution in [1.29, 1.82) is 0 Å². The highest BCUT2D eigenvalue weighted by atomic mass is 16.6. The summed E-state index contributed by atoms with van der Waals surface area (Å²) in [4.78, 5) is 12.0. The first-order valence-corrected chi connectivity index (χ1v) is 17.2. The Bertz CT molecular complexity index is 692. The summed E-state index contributed by atoms with van der Waals surface area (Å²) >= 11 is 0. The minimum Gasteiger partial charge on any atom is -0.463 e. The first-order valence-electron chi connectivity index (χ1n) is 17.2. The minimum absolute atomic E-state index is 0.0342. The fourth-order valence-electron chi connectivity index (χ4n) is 7.74. The van der Waals surface area contributed by atoms with Crippen LogP contribution >= 0.6 is 0 Å². The molecule has 0 radical (unpaired) electrons. The smallest absolute Gasteiger partial charge is 0.305 e. The molecule has 7 nitrogen and oxygen atoms in total. The van der Waals surface area contributed by atoms with Gasteiger partial charge in [0.25, 0.3) is 0 Å². The van der Waals surface area contributed by atoms with E-state index in [1.165, 1.54) is 70.6 Å². The molecule has 4 aliphatic rings. The molecule has 4 rings (SSSR count). The van der Waals surface area contributed by atoms with Gasteiger partial charge in [0.15, 0.2) is 0 Å². The summed E-state index contributed by atoms with van der Waals surface area (Å²) < 4.78 is 11.4. The standard InChI is InChI=1S/C33H61N3O4/c1-4-5-6-7-8-9-30(38)40-21-20-39-27-18-19-28(29(37)22-27)33-35-31(25-14-10-23(2)11-15-25)34-32(36-33)26-16-12-24(3)13-17-26/h23-29,31-37H,4-22H2,1-3H3. The maximum absolute atomic E-state index is 12.0. The Kier molecular flexibility index (Phi) is 13.5.